The third-order valence-electron chi connectivity index (χ3n) is 5.90. The molecule has 1 aromatic rings. The third-order valence-corrected chi connectivity index (χ3v) is 5.90. The second-order valence-electron chi connectivity index (χ2n) is 8.17. The molecule has 0 bridgehead atoms. The van der Waals surface area contributed by atoms with Crippen LogP contribution in [0, 0.1) is 5.92 Å². The van der Waals surface area contributed by atoms with Crippen molar-refractivity contribution in [1.29, 1.82) is 0 Å². The number of nitrogens with zero attached hydrogens (tertiary/aromatic N) is 4. The van der Waals surface area contributed by atoms with Gasteiger partial charge in [0.15, 0.2) is 5.96 Å². The molecule has 1 aromatic heterocycles. The zero-order chi connectivity index (χ0) is 20.5. The predicted octanol–water partition coefficient (Wildman–Crippen LogP) is 2.25. The van der Waals surface area contributed by atoms with Crippen LogP contribution in [0.5, 0.6) is 0 Å². The molecule has 1 aliphatic carbocycles. The summed E-state index contributed by atoms with van der Waals surface area (Å²) in [4.78, 5) is 25.8. The fourth-order valence-corrected chi connectivity index (χ4v) is 4.07. The predicted molar refractivity (Wildman–Crippen MR) is 118 cm³/mol. The minimum Gasteiger partial charge on any atom is -0.357 e. The van der Waals surface area contributed by atoms with Crippen molar-refractivity contribution < 1.29 is 4.79 Å². The van der Waals surface area contributed by atoms with Gasteiger partial charge >= 0.3 is 0 Å². The SMILES string of the molecule is CCNC(=NCCC(=O)N1CCN(c2ccccn2)CC1)NC1CCC(C)CC1. The molecule has 0 aromatic carbocycles. The van der Waals surface area contributed by atoms with Crippen LogP contribution in [0.25, 0.3) is 0 Å². The fraction of sp³-hybridized carbons (Fsp3) is 0.682. The number of carbonyl (C=O) groups excluding carboxylic acids is 1. The molecule has 29 heavy (non-hydrogen) atoms. The quantitative estimate of drug-likeness (QED) is 0.566. The van der Waals surface area contributed by atoms with E-state index >= 15 is 0 Å². The van der Waals surface area contributed by atoms with Crippen LogP contribution < -0.4 is 15.5 Å². The Bertz CT molecular complexity index is 649. The van der Waals surface area contributed by atoms with Gasteiger partial charge < -0.3 is 20.4 Å². The maximum atomic E-state index is 12.6. The highest BCUT2D eigenvalue weighted by Gasteiger charge is 2.22. The first kappa shape index (κ1) is 21.4. The number of rotatable bonds is 6. The van der Waals surface area contributed by atoms with E-state index in [1.165, 1.54) is 25.7 Å². The Morgan fingerprint density at radius 3 is 2.59 bits per heavy atom. The maximum Gasteiger partial charge on any atom is 0.224 e. The lowest BCUT2D eigenvalue weighted by molar-refractivity contribution is -0.131. The van der Waals surface area contributed by atoms with Crippen LogP contribution in [0.4, 0.5) is 5.82 Å². The number of anilines is 1. The van der Waals surface area contributed by atoms with Gasteiger partial charge in [0, 0.05) is 51.4 Å². The smallest absolute Gasteiger partial charge is 0.224 e. The summed E-state index contributed by atoms with van der Waals surface area (Å²) in [5.41, 5.74) is 0. The van der Waals surface area contributed by atoms with Crippen LogP contribution in [-0.4, -0.2) is 67.1 Å². The first-order chi connectivity index (χ1) is 14.2. The summed E-state index contributed by atoms with van der Waals surface area (Å²) in [7, 11) is 0. The Kier molecular flexibility index (Phi) is 8.14. The molecule has 2 N–H and O–H groups in total. The topological polar surface area (TPSA) is 72.9 Å². The molecule has 2 fully saturated rings. The highest BCUT2D eigenvalue weighted by atomic mass is 16.2. The van der Waals surface area contributed by atoms with Gasteiger partial charge in [0.1, 0.15) is 5.82 Å². The van der Waals surface area contributed by atoms with Crippen molar-refractivity contribution in [2.45, 2.75) is 52.0 Å². The van der Waals surface area contributed by atoms with Crippen LogP contribution in [0.1, 0.15) is 46.0 Å². The number of pyridine rings is 1. The molecule has 0 spiro atoms. The second-order valence-corrected chi connectivity index (χ2v) is 8.17. The standard InChI is InChI=1S/C22H36N6O/c1-3-23-22(26-19-9-7-18(2)8-10-19)25-13-11-21(29)28-16-14-27(15-17-28)20-6-4-5-12-24-20/h4-6,12,18-19H,3,7-11,13-17H2,1-2H3,(H2,23,25,26). The van der Waals surface area contributed by atoms with E-state index in [2.05, 4.69) is 39.4 Å². The summed E-state index contributed by atoms with van der Waals surface area (Å²) in [6.45, 7) is 8.92. The second kappa shape index (κ2) is 11.0. The molecule has 0 unspecified atom stereocenters. The number of piperazine rings is 1. The molecule has 7 heteroatoms. The lowest BCUT2D eigenvalue weighted by atomic mass is 9.87. The van der Waals surface area contributed by atoms with Crippen molar-refractivity contribution in [1.82, 2.24) is 20.5 Å². The zero-order valence-electron chi connectivity index (χ0n) is 17.9. The van der Waals surface area contributed by atoms with E-state index in [0.717, 1.165) is 50.4 Å². The van der Waals surface area contributed by atoms with Crippen LogP contribution in [0.3, 0.4) is 0 Å². The Morgan fingerprint density at radius 2 is 1.93 bits per heavy atom. The van der Waals surface area contributed by atoms with Gasteiger partial charge in [-0.2, -0.15) is 0 Å². The highest BCUT2D eigenvalue weighted by Crippen LogP contribution is 2.23. The molecule has 2 heterocycles. The molecular weight excluding hydrogens is 364 g/mol. The van der Waals surface area contributed by atoms with Gasteiger partial charge in [-0.25, -0.2) is 4.98 Å². The maximum absolute atomic E-state index is 12.6. The first-order valence-electron chi connectivity index (χ1n) is 11.1. The summed E-state index contributed by atoms with van der Waals surface area (Å²) in [6.07, 6.45) is 7.23. The average molecular weight is 401 g/mol. The van der Waals surface area contributed by atoms with Gasteiger partial charge in [-0.3, -0.25) is 9.79 Å². The van der Waals surface area contributed by atoms with Crippen LogP contribution in [-0.2, 0) is 4.79 Å². The number of hydrogen-bond acceptors (Lipinski definition) is 4. The molecule has 1 saturated heterocycles. The third kappa shape index (κ3) is 6.61. The molecule has 1 aliphatic heterocycles. The van der Waals surface area contributed by atoms with E-state index in [0.29, 0.717) is 19.0 Å². The van der Waals surface area contributed by atoms with Crippen molar-refractivity contribution >= 4 is 17.7 Å². The van der Waals surface area contributed by atoms with E-state index in [1.54, 1.807) is 0 Å². The molecule has 160 valence electrons. The van der Waals surface area contributed by atoms with Crippen LogP contribution in [0.15, 0.2) is 29.4 Å². The Balaban J connectivity index is 1.41. The molecule has 0 atom stereocenters. The van der Waals surface area contributed by atoms with Gasteiger partial charge in [0.2, 0.25) is 5.91 Å². The highest BCUT2D eigenvalue weighted by molar-refractivity contribution is 5.81. The molecule has 0 radical (unpaired) electrons. The lowest BCUT2D eigenvalue weighted by Gasteiger charge is -2.35. The molecular formula is C22H36N6O. The first-order valence-corrected chi connectivity index (χ1v) is 11.1. The van der Waals surface area contributed by atoms with Crippen molar-refractivity contribution in [3.05, 3.63) is 24.4 Å². The van der Waals surface area contributed by atoms with Gasteiger partial charge in [-0.05, 0) is 50.7 Å². The summed E-state index contributed by atoms with van der Waals surface area (Å²) in [5.74, 6) is 2.86. The number of aromatic nitrogens is 1. The normalized spacial score (nSPS) is 23.0. The van der Waals surface area contributed by atoms with Gasteiger partial charge in [0.25, 0.3) is 0 Å². The minimum absolute atomic E-state index is 0.191. The van der Waals surface area contributed by atoms with E-state index in [-0.39, 0.29) is 5.91 Å². The van der Waals surface area contributed by atoms with Gasteiger partial charge in [-0.15, -0.1) is 0 Å². The monoisotopic (exact) mass is 400 g/mol. The number of carbonyl (C=O) groups is 1. The summed E-state index contributed by atoms with van der Waals surface area (Å²) >= 11 is 0. The summed E-state index contributed by atoms with van der Waals surface area (Å²) in [6, 6.07) is 6.45. The van der Waals surface area contributed by atoms with Crippen molar-refractivity contribution in [3.63, 3.8) is 0 Å². The van der Waals surface area contributed by atoms with E-state index < -0.39 is 0 Å². The Morgan fingerprint density at radius 1 is 1.17 bits per heavy atom. The minimum atomic E-state index is 0.191. The van der Waals surface area contributed by atoms with E-state index in [9.17, 15) is 4.79 Å². The van der Waals surface area contributed by atoms with E-state index in [1.807, 2.05) is 29.3 Å². The van der Waals surface area contributed by atoms with Gasteiger partial charge in [-0.1, -0.05) is 13.0 Å². The average Bonchev–Trinajstić information content (AvgIpc) is 2.76. The lowest BCUT2D eigenvalue weighted by Crippen LogP contribution is -2.49. The van der Waals surface area contributed by atoms with Crippen molar-refractivity contribution in [2.75, 3.05) is 44.2 Å². The Labute approximate surface area is 175 Å². The molecule has 3 rings (SSSR count). The van der Waals surface area contributed by atoms with Gasteiger partial charge in [0.05, 0.1) is 6.54 Å². The summed E-state index contributed by atoms with van der Waals surface area (Å²) < 4.78 is 0. The van der Waals surface area contributed by atoms with E-state index in [4.69, 9.17) is 0 Å². The summed E-state index contributed by atoms with van der Waals surface area (Å²) in [5, 5.41) is 6.87. The van der Waals surface area contributed by atoms with Crippen molar-refractivity contribution in [2.24, 2.45) is 10.9 Å². The number of amides is 1. The number of aliphatic imine (C=N–C) groups is 1. The van der Waals surface area contributed by atoms with Crippen LogP contribution in [0.2, 0.25) is 0 Å². The molecule has 1 amide bonds. The largest absolute Gasteiger partial charge is 0.357 e. The zero-order valence-corrected chi connectivity index (χ0v) is 17.9. The Hall–Kier alpha value is -2.31. The number of guanidine groups is 1. The number of hydrogen-bond donors (Lipinski definition) is 2. The number of nitrogens with one attached hydrogen (secondary N) is 2. The molecule has 2 aliphatic rings. The van der Waals surface area contributed by atoms with Crippen molar-refractivity contribution in [3.8, 4) is 0 Å². The molecule has 1 saturated carbocycles. The fourth-order valence-electron chi connectivity index (χ4n) is 4.07. The molecule has 7 nitrogen and oxygen atoms in total. The van der Waals surface area contributed by atoms with Crippen LogP contribution >= 0.6 is 0 Å².